The van der Waals surface area contributed by atoms with E-state index in [1.165, 1.54) is 6.07 Å². The van der Waals surface area contributed by atoms with Crippen LogP contribution in [-0.4, -0.2) is 21.8 Å². The average molecular weight is 295 g/mol. The van der Waals surface area contributed by atoms with Gasteiger partial charge in [0.15, 0.2) is 5.16 Å². The van der Waals surface area contributed by atoms with Crippen molar-refractivity contribution in [2.24, 2.45) is 5.73 Å². The molecule has 2 aromatic rings. The van der Waals surface area contributed by atoms with Gasteiger partial charge in [0.25, 0.3) is 0 Å². The van der Waals surface area contributed by atoms with Crippen LogP contribution < -0.4 is 5.73 Å². The van der Waals surface area contributed by atoms with Gasteiger partial charge in [0, 0.05) is 30.8 Å². The summed E-state index contributed by atoms with van der Waals surface area (Å²) in [5, 5.41) is 0.845. The molecule has 106 valence electrons. The lowest BCUT2D eigenvalue weighted by Crippen LogP contribution is -2.09. The normalized spacial score (nSPS) is 17.4. The van der Waals surface area contributed by atoms with Gasteiger partial charge >= 0.3 is 0 Å². The minimum Gasteiger partial charge on any atom is -0.330 e. The van der Waals surface area contributed by atoms with E-state index >= 15 is 0 Å². The van der Waals surface area contributed by atoms with E-state index in [0.717, 1.165) is 29.0 Å². The maximum atomic E-state index is 13.8. The van der Waals surface area contributed by atoms with Crippen LogP contribution in [0.4, 0.5) is 8.78 Å². The van der Waals surface area contributed by atoms with Crippen LogP contribution in [0.3, 0.4) is 0 Å². The topological polar surface area (TPSA) is 43.8 Å². The molecule has 1 atom stereocenters. The van der Waals surface area contributed by atoms with Crippen molar-refractivity contribution in [3.63, 3.8) is 0 Å². The summed E-state index contributed by atoms with van der Waals surface area (Å²) < 4.78 is 29.2. The van der Waals surface area contributed by atoms with E-state index in [4.69, 9.17) is 5.73 Å². The first-order valence-electron chi connectivity index (χ1n) is 6.54. The molecule has 0 bridgehead atoms. The van der Waals surface area contributed by atoms with E-state index in [1.54, 1.807) is 18.0 Å². The van der Waals surface area contributed by atoms with Gasteiger partial charge in [-0.2, -0.15) is 0 Å². The van der Waals surface area contributed by atoms with Crippen molar-refractivity contribution in [2.45, 2.75) is 24.0 Å². The maximum absolute atomic E-state index is 13.8. The number of benzene rings is 1. The summed E-state index contributed by atoms with van der Waals surface area (Å²) in [6.45, 7) is 0.571. The molecule has 1 aliphatic rings. The van der Waals surface area contributed by atoms with E-state index in [2.05, 4.69) is 4.98 Å². The fourth-order valence-electron chi connectivity index (χ4n) is 2.71. The third kappa shape index (κ3) is 2.33. The molecule has 1 aromatic carbocycles. The first-order valence-corrected chi connectivity index (χ1v) is 7.52. The van der Waals surface area contributed by atoms with Crippen LogP contribution in [0.2, 0.25) is 0 Å². The van der Waals surface area contributed by atoms with Gasteiger partial charge in [-0.3, -0.25) is 0 Å². The summed E-state index contributed by atoms with van der Waals surface area (Å²) in [6, 6.07) is 2.35. The number of nitrogens with two attached hydrogens (primary N) is 1. The summed E-state index contributed by atoms with van der Waals surface area (Å²) in [7, 11) is 0. The quantitative estimate of drug-likeness (QED) is 0.882. The standard InChI is InChI=1S/C14H15F2N3S/c15-9-7-11-10(12(16)8-9)1-2-13(11)19-5-4-18-14(19)20-6-3-17/h4-5,7-8,13H,1-3,6,17H2. The van der Waals surface area contributed by atoms with Crippen LogP contribution in [0.25, 0.3) is 0 Å². The van der Waals surface area contributed by atoms with Gasteiger partial charge in [0.05, 0.1) is 6.04 Å². The van der Waals surface area contributed by atoms with E-state index in [-0.39, 0.29) is 6.04 Å². The Morgan fingerprint density at radius 3 is 3.05 bits per heavy atom. The molecule has 0 saturated heterocycles. The second-order valence-electron chi connectivity index (χ2n) is 4.76. The molecule has 1 aromatic heterocycles. The molecular formula is C14H15F2N3S. The van der Waals surface area contributed by atoms with Gasteiger partial charge in [0.2, 0.25) is 0 Å². The summed E-state index contributed by atoms with van der Waals surface area (Å²) in [5.74, 6) is -0.197. The largest absolute Gasteiger partial charge is 0.330 e. The number of hydrogen-bond donors (Lipinski definition) is 1. The number of halogens is 2. The van der Waals surface area contributed by atoms with Crippen LogP contribution in [0.15, 0.2) is 29.7 Å². The van der Waals surface area contributed by atoms with Crippen molar-refractivity contribution in [3.05, 3.63) is 47.3 Å². The first kappa shape index (κ1) is 13.6. The van der Waals surface area contributed by atoms with Crippen LogP contribution in [0.1, 0.15) is 23.6 Å². The fourth-order valence-corrected chi connectivity index (χ4v) is 3.48. The molecule has 0 spiro atoms. The molecule has 0 radical (unpaired) electrons. The molecule has 1 heterocycles. The minimum absolute atomic E-state index is 0.0435. The smallest absolute Gasteiger partial charge is 0.168 e. The number of aromatic nitrogens is 2. The number of thioether (sulfide) groups is 1. The van der Waals surface area contributed by atoms with Gasteiger partial charge in [-0.05, 0) is 30.0 Å². The monoisotopic (exact) mass is 295 g/mol. The van der Waals surface area contributed by atoms with Gasteiger partial charge in [-0.1, -0.05) is 11.8 Å². The minimum atomic E-state index is -0.524. The highest BCUT2D eigenvalue weighted by Gasteiger charge is 2.28. The second kappa shape index (κ2) is 5.54. The highest BCUT2D eigenvalue weighted by molar-refractivity contribution is 7.99. The lowest BCUT2D eigenvalue weighted by molar-refractivity contribution is 0.531. The second-order valence-corrected chi connectivity index (χ2v) is 5.83. The molecule has 3 rings (SSSR count). The lowest BCUT2D eigenvalue weighted by Gasteiger charge is -2.16. The van der Waals surface area contributed by atoms with Crippen molar-refractivity contribution in [2.75, 3.05) is 12.3 Å². The Balaban J connectivity index is 1.97. The van der Waals surface area contributed by atoms with Crippen LogP contribution in [0, 0.1) is 11.6 Å². The Bertz CT molecular complexity index is 627. The van der Waals surface area contributed by atoms with Crippen molar-refractivity contribution >= 4 is 11.8 Å². The lowest BCUT2D eigenvalue weighted by atomic mass is 10.1. The van der Waals surface area contributed by atoms with Crippen LogP contribution in [0.5, 0.6) is 0 Å². The average Bonchev–Trinajstić information content (AvgIpc) is 3.01. The molecule has 6 heteroatoms. The molecule has 0 saturated carbocycles. The zero-order valence-corrected chi connectivity index (χ0v) is 11.7. The van der Waals surface area contributed by atoms with Gasteiger partial charge in [-0.25, -0.2) is 13.8 Å². The Morgan fingerprint density at radius 1 is 1.40 bits per heavy atom. The summed E-state index contributed by atoms with van der Waals surface area (Å²) in [5.41, 5.74) is 6.86. The Hall–Kier alpha value is -1.40. The zero-order chi connectivity index (χ0) is 14.1. The Morgan fingerprint density at radius 2 is 2.25 bits per heavy atom. The predicted molar refractivity (Wildman–Crippen MR) is 74.8 cm³/mol. The van der Waals surface area contributed by atoms with E-state index in [9.17, 15) is 8.78 Å². The Labute approximate surface area is 120 Å². The number of fused-ring (bicyclic) bond motifs is 1. The summed E-state index contributed by atoms with van der Waals surface area (Å²) >= 11 is 1.56. The van der Waals surface area contributed by atoms with E-state index in [0.29, 0.717) is 18.5 Å². The number of nitrogens with zero attached hydrogens (tertiary/aromatic N) is 2. The molecule has 0 amide bonds. The zero-order valence-electron chi connectivity index (χ0n) is 10.9. The van der Waals surface area contributed by atoms with Crippen molar-refractivity contribution in [3.8, 4) is 0 Å². The van der Waals surface area contributed by atoms with Gasteiger partial charge in [-0.15, -0.1) is 0 Å². The van der Waals surface area contributed by atoms with Gasteiger partial charge in [0.1, 0.15) is 11.6 Å². The number of hydrogen-bond acceptors (Lipinski definition) is 3. The molecular weight excluding hydrogens is 280 g/mol. The molecule has 0 aliphatic heterocycles. The van der Waals surface area contributed by atoms with Crippen LogP contribution in [-0.2, 0) is 6.42 Å². The number of imidazole rings is 1. The van der Waals surface area contributed by atoms with Crippen LogP contribution >= 0.6 is 11.8 Å². The maximum Gasteiger partial charge on any atom is 0.168 e. The van der Waals surface area contributed by atoms with E-state index in [1.807, 2.05) is 10.8 Å². The highest BCUT2D eigenvalue weighted by Crippen LogP contribution is 2.38. The molecule has 1 unspecified atom stereocenters. The van der Waals surface area contributed by atoms with E-state index < -0.39 is 11.6 Å². The Kier molecular flexibility index (Phi) is 3.76. The van der Waals surface area contributed by atoms with Crippen molar-refractivity contribution in [1.29, 1.82) is 0 Å². The molecule has 20 heavy (non-hydrogen) atoms. The summed E-state index contributed by atoms with van der Waals surface area (Å²) in [6.07, 6.45) is 4.97. The van der Waals surface area contributed by atoms with Crippen molar-refractivity contribution in [1.82, 2.24) is 9.55 Å². The number of rotatable bonds is 4. The fraction of sp³-hybridized carbons (Fsp3) is 0.357. The SMILES string of the molecule is NCCSc1nccn1C1CCc2c(F)cc(F)cc21. The molecule has 0 fully saturated rings. The molecule has 2 N–H and O–H groups in total. The molecule has 1 aliphatic carbocycles. The highest BCUT2D eigenvalue weighted by atomic mass is 32.2. The van der Waals surface area contributed by atoms with Crippen molar-refractivity contribution < 1.29 is 8.78 Å². The van der Waals surface area contributed by atoms with Gasteiger partial charge < -0.3 is 10.3 Å². The predicted octanol–water partition coefficient (Wildman–Crippen LogP) is 2.75. The molecule has 3 nitrogen and oxygen atoms in total. The first-order chi connectivity index (χ1) is 9.70. The third-order valence-electron chi connectivity index (χ3n) is 3.54. The third-order valence-corrected chi connectivity index (χ3v) is 4.55. The summed E-state index contributed by atoms with van der Waals surface area (Å²) in [4.78, 5) is 4.30.